The van der Waals surface area contributed by atoms with E-state index in [1.165, 1.54) is 0 Å². The van der Waals surface area contributed by atoms with E-state index in [2.05, 4.69) is 20.4 Å². The maximum Gasteiger partial charge on any atom is 0.410 e. The summed E-state index contributed by atoms with van der Waals surface area (Å²) in [6.07, 6.45) is 3.18. The van der Waals surface area contributed by atoms with Crippen LogP contribution in [0.5, 0.6) is 0 Å². The van der Waals surface area contributed by atoms with Gasteiger partial charge in [-0.25, -0.2) is 14.6 Å². The molecule has 6 rings (SSSR count). The van der Waals surface area contributed by atoms with Gasteiger partial charge in [-0.1, -0.05) is 35.5 Å². The van der Waals surface area contributed by atoms with Crippen LogP contribution in [0.25, 0.3) is 33.4 Å². The fourth-order valence-electron chi connectivity index (χ4n) is 5.76. The van der Waals surface area contributed by atoms with Crippen LogP contribution >= 0.6 is 0 Å². The molecule has 2 saturated heterocycles. The third kappa shape index (κ3) is 5.77. The Morgan fingerprint density at radius 1 is 1.00 bits per heavy atom. The van der Waals surface area contributed by atoms with Gasteiger partial charge in [0.05, 0.1) is 23.3 Å². The van der Waals surface area contributed by atoms with Gasteiger partial charge in [0.15, 0.2) is 11.4 Å². The van der Waals surface area contributed by atoms with Gasteiger partial charge in [-0.3, -0.25) is 14.6 Å². The molecule has 4 heterocycles. The Morgan fingerprint density at radius 2 is 1.70 bits per heavy atom. The van der Waals surface area contributed by atoms with Crippen LogP contribution in [0, 0.1) is 0 Å². The molecule has 224 valence electrons. The number of ether oxygens (including phenoxy) is 1. The van der Waals surface area contributed by atoms with E-state index in [-0.39, 0.29) is 18.0 Å². The van der Waals surface area contributed by atoms with Crippen molar-refractivity contribution in [3.63, 3.8) is 0 Å². The summed E-state index contributed by atoms with van der Waals surface area (Å²) in [6.45, 7) is 6.56. The van der Waals surface area contributed by atoms with E-state index in [4.69, 9.17) is 9.26 Å². The number of hydrogen-bond donors (Lipinski definition) is 3. The van der Waals surface area contributed by atoms with Crippen molar-refractivity contribution in [2.24, 2.45) is 0 Å². The van der Waals surface area contributed by atoms with Gasteiger partial charge in [-0.2, -0.15) is 0 Å². The Kier molecular flexibility index (Phi) is 7.28. The van der Waals surface area contributed by atoms with Crippen LogP contribution in [0.2, 0.25) is 0 Å². The number of carbonyl (C=O) groups excluding carboxylic acids is 2. The highest BCUT2D eigenvalue weighted by Crippen LogP contribution is 2.34. The van der Waals surface area contributed by atoms with Gasteiger partial charge in [0.2, 0.25) is 5.91 Å². The first-order valence-electron chi connectivity index (χ1n) is 14.4. The molecule has 4 aromatic rings. The number of carboxylic acid groups (broad SMARTS) is 1. The van der Waals surface area contributed by atoms with Crippen LogP contribution in [0.15, 0.2) is 53.2 Å². The van der Waals surface area contributed by atoms with Gasteiger partial charge < -0.3 is 24.7 Å². The zero-order valence-corrected chi connectivity index (χ0v) is 24.3. The standard InChI is InChI=1S/C31H34N6O6/c1-31(2,3)42-30(41)37-15-4-6-23(37)27-32-17-22(33-27)19-10-8-18(9-11-19)20-12-13-21-25(16-20)43-35-26(21)34-28(38)24-7-5-14-36(24)29(39)40/h8-13,16-17,23-24H,4-7,14-15H2,1-3H3,(H,32,33)(H,39,40)(H,34,35,38)/t23-,24?/m0/s1. The first-order valence-corrected chi connectivity index (χ1v) is 14.4. The number of fused-ring (bicyclic) bond motifs is 1. The minimum Gasteiger partial charge on any atom is -0.465 e. The highest BCUT2D eigenvalue weighted by molar-refractivity contribution is 6.02. The molecule has 43 heavy (non-hydrogen) atoms. The number of nitrogens with zero attached hydrogens (tertiary/aromatic N) is 4. The molecule has 1 unspecified atom stereocenters. The van der Waals surface area contributed by atoms with E-state index < -0.39 is 23.6 Å². The van der Waals surface area contributed by atoms with Crippen molar-refractivity contribution in [3.8, 4) is 22.4 Å². The number of likely N-dealkylation sites (tertiary alicyclic amines) is 2. The van der Waals surface area contributed by atoms with Crippen molar-refractivity contribution >= 4 is 34.9 Å². The highest BCUT2D eigenvalue weighted by Gasteiger charge is 2.36. The second-order valence-corrected chi connectivity index (χ2v) is 12.0. The molecule has 0 spiro atoms. The molecule has 2 aromatic heterocycles. The second-order valence-electron chi connectivity index (χ2n) is 12.0. The van der Waals surface area contributed by atoms with E-state index >= 15 is 0 Å². The summed E-state index contributed by atoms with van der Waals surface area (Å²) >= 11 is 0. The molecule has 12 heteroatoms. The molecule has 3 amide bonds. The van der Waals surface area contributed by atoms with Gasteiger partial charge in [0.25, 0.3) is 0 Å². The van der Waals surface area contributed by atoms with Crippen molar-refractivity contribution in [2.45, 2.75) is 64.1 Å². The van der Waals surface area contributed by atoms with Crippen LogP contribution in [0.1, 0.15) is 58.3 Å². The molecule has 0 bridgehead atoms. The van der Waals surface area contributed by atoms with Gasteiger partial charge in [-0.05, 0) is 75.3 Å². The number of carbonyl (C=O) groups is 3. The molecule has 2 aliphatic heterocycles. The number of anilines is 1. The second kappa shape index (κ2) is 11.1. The Balaban J connectivity index is 1.15. The van der Waals surface area contributed by atoms with Gasteiger partial charge >= 0.3 is 12.2 Å². The normalized spacial score (nSPS) is 18.8. The molecule has 2 atom stereocenters. The van der Waals surface area contributed by atoms with Crippen molar-refractivity contribution in [1.82, 2.24) is 24.9 Å². The van der Waals surface area contributed by atoms with Crippen LogP contribution in [-0.2, 0) is 9.53 Å². The van der Waals surface area contributed by atoms with E-state index in [0.29, 0.717) is 36.9 Å². The molecule has 2 aromatic carbocycles. The van der Waals surface area contributed by atoms with Crippen LogP contribution < -0.4 is 5.32 Å². The highest BCUT2D eigenvalue weighted by atomic mass is 16.6. The van der Waals surface area contributed by atoms with Crippen LogP contribution in [-0.4, -0.2) is 72.9 Å². The molecular weight excluding hydrogens is 552 g/mol. The zero-order valence-electron chi connectivity index (χ0n) is 24.3. The lowest BCUT2D eigenvalue weighted by molar-refractivity contribution is -0.119. The van der Waals surface area contributed by atoms with Gasteiger partial charge in [0.1, 0.15) is 17.5 Å². The number of imidazole rings is 1. The van der Waals surface area contributed by atoms with Crippen LogP contribution in [0.4, 0.5) is 15.4 Å². The van der Waals surface area contributed by atoms with Crippen molar-refractivity contribution in [2.75, 3.05) is 18.4 Å². The Morgan fingerprint density at radius 3 is 2.44 bits per heavy atom. The Hall–Kier alpha value is -4.87. The fraction of sp³-hybridized carbons (Fsp3) is 0.387. The predicted molar refractivity (Wildman–Crippen MR) is 158 cm³/mol. The molecule has 3 N–H and O–H groups in total. The third-order valence-electron chi connectivity index (χ3n) is 7.84. The summed E-state index contributed by atoms with van der Waals surface area (Å²) in [7, 11) is 0. The van der Waals surface area contributed by atoms with Gasteiger partial charge in [-0.15, -0.1) is 0 Å². The Labute approximate surface area is 248 Å². The maximum absolute atomic E-state index is 12.8. The molecule has 2 fully saturated rings. The number of amides is 3. The fourth-order valence-corrected chi connectivity index (χ4v) is 5.76. The summed E-state index contributed by atoms with van der Waals surface area (Å²) in [5, 5.41) is 16.7. The lowest BCUT2D eigenvalue weighted by atomic mass is 10.0. The smallest absolute Gasteiger partial charge is 0.410 e. The number of nitrogens with one attached hydrogen (secondary N) is 2. The number of aromatic amines is 1. The third-order valence-corrected chi connectivity index (χ3v) is 7.84. The van der Waals surface area contributed by atoms with Gasteiger partial charge in [0, 0.05) is 13.1 Å². The average Bonchev–Trinajstić information content (AvgIpc) is 3.78. The van der Waals surface area contributed by atoms with E-state index in [1.807, 2.05) is 63.2 Å². The predicted octanol–water partition coefficient (Wildman–Crippen LogP) is 6.04. The molecule has 0 saturated carbocycles. The monoisotopic (exact) mass is 586 g/mol. The summed E-state index contributed by atoms with van der Waals surface area (Å²) < 4.78 is 11.1. The quantitative estimate of drug-likeness (QED) is 0.256. The first-order chi connectivity index (χ1) is 20.6. The average molecular weight is 587 g/mol. The van der Waals surface area contributed by atoms with Crippen molar-refractivity contribution in [1.29, 1.82) is 0 Å². The molecule has 0 radical (unpaired) electrons. The number of benzene rings is 2. The minimum atomic E-state index is -1.11. The molecule has 2 aliphatic rings. The molecule has 0 aliphatic carbocycles. The Bertz CT molecular complexity index is 1670. The lowest BCUT2D eigenvalue weighted by Gasteiger charge is -2.27. The molecular formula is C31H34N6O6. The largest absolute Gasteiger partial charge is 0.465 e. The number of H-pyrrole nitrogens is 1. The summed E-state index contributed by atoms with van der Waals surface area (Å²) in [5.41, 5.74) is 3.62. The lowest BCUT2D eigenvalue weighted by Crippen LogP contribution is -2.42. The summed E-state index contributed by atoms with van der Waals surface area (Å²) in [6, 6.07) is 12.7. The molecule has 12 nitrogen and oxygen atoms in total. The van der Waals surface area contributed by atoms with E-state index in [0.717, 1.165) is 46.0 Å². The number of hydrogen-bond acceptors (Lipinski definition) is 7. The topological polar surface area (TPSA) is 154 Å². The SMILES string of the molecule is CC(C)(C)OC(=O)N1CCC[C@H]1c1ncc(-c2ccc(-c3ccc4c(NC(=O)C5CCCN5C(=O)O)noc4c3)cc2)[nH]1. The zero-order chi connectivity index (χ0) is 30.3. The number of rotatable bonds is 5. The minimum absolute atomic E-state index is 0.152. The summed E-state index contributed by atoms with van der Waals surface area (Å²) in [5.74, 6) is 0.591. The van der Waals surface area contributed by atoms with E-state index in [1.54, 1.807) is 11.1 Å². The van der Waals surface area contributed by atoms with Crippen LogP contribution in [0.3, 0.4) is 0 Å². The maximum atomic E-state index is 12.8. The van der Waals surface area contributed by atoms with E-state index in [9.17, 15) is 19.5 Å². The summed E-state index contributed by atoms with van der Waals surface area (Å²) in [4.78, 5) is 47.8. The van der Waals surface area contributed by atoms with Crippen molar-refractivity contribution in [3.05, 3.63) is 54.5 Å². The van der Waals surface area contributed by atoms with Crippen molar-refractivity contribution < 1.29 is 28.8 Å². The first kappa shape index (κ1) is 28.3. The number of aromatic nitrogens is 3.